The first-order valence-electron chi connectivity index (χ1n) is 10.0. The van der Waals surface area contributed by atoms with E-state index in [1.165, 1.54) is 11.3 Å². The average Bonchev–Trinajstić information content (AvgIpc) is 3.50. The third kappa shape index (κ3) is 4.86. The van der Waals surface area contributed by atoms with Gasteiger partial charge in [0.2, 0.25) is 5.91 Å². The van der Waals surface area contributed by atoms with Crippen molar-refractivity contribution in [1.29, 1.82) is 0 Å². The summed E-state index contributed by atoms with van der Waals surface area (Å²) in [6.07, 6.45) is 4.88. The van der Waals surface area contributed by atoms with Gasteiger partial charge in [-0.25, -0.2) is 0 Å². The number of hydrogen-bond donors (Lipinski definition) is 1. The maximum Gasteiger partial charge on any atom is 0.264 e. The van der Waals surface area contributed by atoms with Crippen LogP contribution >= 0.6 is 11.3 Å². The standard InChI is InChI=1S/C23H23N3O4S/c1-29-19-9-8-17(13-20(19)30-15-16-5-2-10-24-14-16)25-22(27)18-6-3-11-26(18)23(28)21-7-4-12-31-21/h2,4-5,7-10,12-14,18H,3,6,11,15H2,1H3,(H,25,27)/t18-/m0/s1. The normalized spacial score (nSPS) is 15.5. The minimum Gasteiger partial charge on any atom is -0.493 e. The summed E-state index contributed by atoms with van der Waals surface area (Å²) in [4.78, 5) is 32.1. The zero-order chi connectivity index (χ0) is 21.6. The molecule has 0 unspecified atom stereocenters. The van der Waals surface area contributed by atoms with Gasteiger partial charge in [-0.3, -0.25) is 14.6 Å². The number of nitrogens with zero attached hydrogens (tertiary/aromatic N) is 2. The van der Waals surface area contributed by atoms with Gasteiger partial charge in [-0.2, -0.15) is 0 Å². The molecule has 8 heteroatoms. The largest absolute Gasteiger partial charge is 0.493 e. The Morgan fingerprint density at radius 1 is 1.23 bits per heavy atom. The number of anilines is 1. The number of likely N-dealkylation sites (tertiary alicyclic amines) is 1. The van der Waals surface area contributed by atoms with Gasteiger partial charge in [0.25, 0.3) is 5.91 Å². The van der Waals surface area contributed by atoms with Gasteiger partial charge in [-0.1, -0.05) is 12.1 Å². The molecule has 1 N–H and O–H groups in total. The highest BCUT2D eigenvalue weighted by molar-refractivity contribution is 7.12. The van der Waals surface area contributed by atoms with Gasteiger partial charge < -0.3 is 19.7 Å². The Hall–Kier alpha value is -3.39. The van der Waals surface area contributed by atoms with E-state index in [0.717, 1.165) is 12.0 Å². The number of pyridine rings is 1. The van der Waals surface area contributed by atoms with E-state index in [-0.39, 0.29) is 11.8 Å². The topological polar surface area (TPSA) is 80.8 Å². The van der Waals surface area contributed by atoms with Crippen LogP contribution in [0.4, 0.5) is 5.69 Å². The smallest absolute Gasteiger partial charge is 0.264 e. The SMILES string of the molecule is COc1ccc(NC(=O)[C@@H]2CCCN2C(=O)c2cccs2)cc1OCc1cccnc1. The van der Waals surface area contributed by atoms with Crippen molar-refractivity contribution in [1.82, 2.24) is 9.88 Å². The van der Waals surface area contributed by atoms with Crippen LogP contribution in [0.2, 0.25) is 0 Å². The Kier molecular flexibility index (Phi) is 6.47. The van der Waals surface area contributed by atoms with Crippen LogP contribution in [0.15, 0.2) is 60.2 Å². The second-order valence-electron chi connectivity index (χ2n) is 7.14. The van der Waals surface area contributed by atoms with Crippen molar-refractivity contribution in [3.05, 3.63) is 70.7 Å². The highest BCUT2D eigenvalue weighted by Crippen LogP contribution is 2.31. The van der Waals surface area contributed by atoms with Crippen LogP contribution < -0.4 is 14.8 Å². The van der Waals surface area contributed by atoms with Crippen molar-refractivity contribution in [2.24, 2.45) is 0 Å². The summed E-state index contributed by atoms with van der Waals surface area (Å²) in [5.41, 5.74) is 1.51. The van der Waals surface area contributed by atoms with Gasteiger partial charge in [0.05, 0.1) is 12.0 Å². The van der Waals surface area contributed by atoms with Crippen molar-refractivity contribution in [3.8, 4) is 11.5 Å². The number of rotatable bonds is 7. The summed E-state index contributed by atoms with van der Waals surface area (Å²) < 4.78 is 11.3. The fraction of sp³-hybridized carbons (Fsp3) is 0.261. The molecule has 31 heavy (non-hydrogen) atoms. The molecule has 2 aromatic heterocycles. The fourth-order valence-electron chi connectivity index (χ4n) is 3.56. The summed E-state index contributed by atoms with van der Waals surface area (Å²) in [5.74, 6) is 0.785. The summed E-state index contributed by atoms with van der Waals surface area (Å²) >= 11 is 1.39. The maximum atomic E-state index is 13.0. The predicted octanol–water partition coefficient (Wildman–Crippen LogP) is 3.97. The number of benzene rings is 1. The molecule has 0 aliphatic carbocycles. The van der Waals surface area contributed by atoms with Crippen LogP contribution in [0, 0.1) is 0 Å². The summed E-state index contributed by atoms with van der Waals surface area (Å²) in [6.45, 7) is 0.907. The molecule has 3 heterocycles. The first kappa shape index (κ1) is 20.9. The zero-order valence-corrected chi connectivity index (χ0v) is 17.9. The van der Waals surface area contributed by atoms with Gasteiger partial charge in [0.1, 0.15) is 12.6 Å². The second kappa shape index (κ2) is 9.61. The summed E-state index contributed by atoms with van der Waals surface area (Å²) in [7, 11) is 1.57. The van der Waals surface area contributed by atoms with Crippen molar-refractivity contribution in [3.63, 3.8) is 0 Å². The maximum absolute atomic E-state index is 13.0. The minimum absolute atomic E-state index is 0.0946. The van der Waals surface area contributed by atoms with Crippen LogP contribution in [0.3, 0.4) is 0 Å². The number of ether oxygens (including phenoxy) is 2. The highest BCUT2D eigenvalue weighted by atomic mass is 32.1. The molecule has 0 spiro atoms. The fourth-order valence-corrected chi connectivity index (χ4v) is 4.24. The number of aromatic nitrogens is 1. The molecule has 3 aromatic rings. The lowest BCUT2D eigenvalue weighted by molar-refractivity contribution is -0.119. The monoisotopic (exact) mass is 437 g/mol. The molecule has 0 saturated carbocycles. The molecule has 0 radical (unpaired) electrons. The number of amides is 2. The number of methoxy groups -OCH3 is 1. The number of carbonyl (C=O) groups excluding carboxylic acids is 2. The molecule has 1 aliphatic heterocycles. The first-order chi connectivity index (χ1) is 15.2. The second-order valence-corrected chi connectivity index (χ2v) is 8.09. The number of thiophene rings is 1. The third-order valence-corrected chi connectivity index (χ3v) is 5.95. The molecule has 160 valence electrons. The van der Waals surface area contributed by atoms with E-state index >= 15 is 0 Å². The Bertz CT molecular complexity index is 1040. The minimum atomic E-state index is -0.489. The molecule has 1 aliphatic rings. The van der Waals surface area contributed by atoms with E-state index in [9.17, 15) is 9.59 Å². The van der Waals surface area contributed by atoms with Crippen LogP contribution in [0.1, 0.15) is 28.1 Å². The molecule has 1 saturated heterocycles. The van der Waals surface area contributed by atoms with Gasteiger partial charge in [0, 0.05) is 36.3 Å². The van der Waals surface area contributed by atoms with Gasteiger partial charge >= 0.3 is 0 Å². The van der Waals surface area contributed by atoms with E-state index < -0.39 is 6.04 Å². The van der Waals surface area contributed by atoms with E-state index in [2.05, 4.69) is 10.3 Å². The van der Waals surface area contributed by atoms with Crippen LogP contribution in [-0.2, 0) is 11.4 Å². The summed E-state index contributed by atoms with van der Waals surface area (Å²) in [5, 5.41) is 4.79. The van der Waals surface area contributed by atoms with Crippen LogP contribution in [0.25, 0.3) is 0 Å². The lowest BCUT2D eigenvalue weighted by Gasteiger charge is -2.23. The van der Waals surface area contributed by atoms with E-state index in [0.29, 0.717) is 41.6 Å². The molecule has 1 fully saturated rings. The van der Waals surface area contributed by atoms with Crippen molar-refractivity contribution in [2.75, 3.05) is 19.0 Å². The third-order valence-electron chi connectivity index (χ3n) is 5.10. The Labute approximate surface area is 184 Å². The molecule has 1 atom stereocenters. The quantitative estimate of drug-likeness (QED) is 0.605. The molecule has 0 bridgehead atoms. The van der Waals surface area contributed by atoms with Crippen LogP contribution in [-0.4, -0.2) is 41.4 Å². The van der Waals surface area contributed by atoms with E-state index in [1.54, 1.807) is 48.7 Å². The number of carbonyl (C=O) groups is 2. The van der Waals surface area contributed by atoms with E-state index in [1.807, 2.05) is 23.6 Å². The summed E-state index contributed by atoms with van der Waals surface area (Å²) in [6, 6.07) is 12.1. The molecular weight excluding hydrogens is 414 g/mol. The Morgan fingerprint density at radius 2 is 2.13 bits per heavy atom. The molecule has 4 rings (SSSR count). The lowest BCUT2D eigenvalue weighted by Crippen LogP contribution is -2.42. The molecular formula is C23H23N3O4S. The number of nitrogens with one attached hydrogen (secondary N) is 1. The van der Waals surface area contributed by atoms with Crippen molar-refractivity contribution < 1.29 is 19.1 Å². The van der Waals surface area contributed by atoms with E-state index in [4.69, 9.17) is 9.47 Å². The van der Waals surface area contributed by atoms with Gasteiger partial charge in [0.15, 0.2) is 11.5 Å². The highest BCUT2D eigenvalue weighted by Gasteiger charge is 2.35. The lowest BCUT2D eigenvalue weighted by atomic mass is 10.2. The average molecular weight is 438 g/mol. The van der Waals surface area contributed by atoms with Crippen LogP contribution in [0.5, 0.6) is 11.5 Å². The van der Waals surface area contributed by atoms with Crippen molar-refractivity contribution >= 4 is 28.8 Å². The predicted molar refractivity (Wildman–Crippen MR) is 119 cm³/mol. The van der Waals surface area contributed by atoms with Gasteiger partial charge in [-0.05, 0) is 42.5 Å². The Morgan fingerprint density at radius 3 is 2.87 bits per heavy atom. The molecule has 1 aromatic carbocycles. The molecule has 2 amide bonds. The zero-order valence-electron chi connectivity index (χ0n) is 17.1. The van der Waals surface area contributed by atoms with Gasteiger partial charge in [-0.15, -0.1) is 11.3 Å². The molecule has 7 nitrogen and oxygen atoms in total. The van der Waals surface area contributed by atoms with Crippen molar-refractivity contribution in [2.45, 2.75) is 25.5 Å². The number of hydrogen-bond acceptors (Lipinski definition) is 6. The Balaban J connectivity index is 1.45. The first-order valence-corrected chi connectivity index (χ1v) is 10.9.